The normalized spacial score (nSPS) is 12.6. The molecule has 0 aromatic heterocycles. The summed E-state index contributed by atoms with van der Waals surface area (Å²) in [6.07, 6.45) is 0. The van der Waals surface area contributed by atoms with Crippen LogP contribution in [0.2, 0.25) is 0 Å². The van der Waals surface area contributed by atoms with Crippen LogP contribution in [0.1, 0.15) is 22.3 Å². The SMILES string of the molecule is c1ccc(Nc2ccc(N(c3ccccc3)c3ccc4c(c3)C(c3ccccc3)(c3ccccc3)c3ccccc3-4)cc2)cc1. The first-order valence-electron chi connectivity index (χ1n) is 15.5. The van der Waals surface area contributed by atoms with Crippen molar-refractivity contribution in [1.29, 1.82) is 0 Å². The predicted octanol–water partition coefficient (Wildman–Crippen LogP) is 11.3. The van der Waals surface area contributed by atoms with Gasteiger partial charge in [0, 0.05) is 28.4 Å². The summed E-state index contributed by atoms with van der Waals surface area (Å²) >= 11 is 0. The van der Waals surface area contributed by atoms with Gasteiger partial charge in [-0.25, -0.2) is 0 Å². The first-order valence-corrected chi connectivity index (χ1v) is 15.5. The molecule has 0 fully saturated rings. The van der Waals surface area contributed by atoms with E-state index in [9.17, 15) is 0 Å². The summed E-state index contributed by atoms with van der Waals surface area (Å²) in [4.78, 5) is 2.36. The van der Waals surface area contributed by atoms with Gasteiger partial charge in [-0.2, -0.15) is 0 Å². The van der Waals surface area contributed by atoms with Crippen LogP contribution in [-0.4, -0.2) is 0 Å². The molecule has 0 aliphatic heterocycles. The number of nitrogens with one attached hydrogen (secondary N) is 1. The molecule has 0 saturated heterocycles. The maximum Gasteiger partial charge on any atom is 0.0714 e. The highest BCUT2D eigenvalue weighted by Gasteiger charge is 2.46. The zero-order valence-electron chi connectivity index (χ0n) is 24.8. The molecule has 0 bridgehead atoms. The van der Waals surface area contributed by atoms with Crippen LogP contribution < -0.4 is 10.2 Å². The fourth-order valence-electron chi connectivity index (χ4n) is 6.98. The van der Waals surface area contributed by atoms with Crippen LogP contribution in [0.3, 0.4) is 0 Å². The number of hydrogen-bond donors (Lipinski definition) is 1. The third-order valence-electron chi connectivity index (χ3n) is 8.90. The zero-order valence-corrected chi connectivity index (χ0v) is 24.8. The fraction of sp³-hybridized carbons (Fsp3) is 0.0233. The molecular weight excluding hydrogens is 544 g/mol. The molecule has 45 heavy (non-hydrogen) atoms. The van der Waals surface area contributed by atoms with E-state index in [1.54, 1.807) is 0 Å². The van der Waals surface area contributed by atoms with E-state index in [2.05, 4.69) is 180 Å². The Labute approximate surface area is 264 Å². The maximum absolute atomic E-state index is 3.52. The highest BCUT2D eigenvalue weighted by Crippen LogP contribution is 2.57. The lowest BCUT2D eigenvalue weighted by Gasteiger charge is -2.35. The maximum atomic E-state index is 3.52. The Morgan fingerprint density at radius 2 is 0.822 bits per heavy atom. The van der Waals surface area contributed by atoms with E-state index >= 15 is 0 Å². The van der Waals surface area contributed by atoms with Crippen molar-refractivity contribution in [3.63, 3.8) is 0 Å². The Balaban J connectivity index is 1.32. The summed E-state index contributed by atoms with van der Waals surface area (Å²) in [5.74, 6) is 0. The number of rotatable bonds is 7. The van der Waals surface area contributed by atoms with Gasteiger partial charge in [0.2, 0.25) is 0 Å². The minimum atomic E-state index is -0.448. The molecule has 1 aliphatic carbocycles. The van der Waals surface area contributed by atoms with Gasteiger partial charge in [0.15, 0.2) is 0 Å². The van der Waals surface area contributed by atoms with E-state index in [1.807, 2.05) is 18.2 Å². The summed E-state index contributed by atoms with van der Waals surface area (Å²) in [6.45, 7) is 0. The Bertz CT molecular complexity index is 2010. The first kappa shape index (κ1) is 26.7. The lowest BCUT2D eigenvalue weighted by atomic mass is 9.67. The minimum Gasteiger partial charge on any atom is -0.356 e. The highest BCUT2D eigenvalue weighted by atomic mass is 15.1. The molecule has 0 heterocycles. The molecule has 0 radical (unpaired) electrons. The van der Waals surface area contributed by atoms with Crippen molar-refractivity contribution in [3.05, 3.63) is 210 Å². The number of anilines is 5. The fourth-order valence-corrected chi connectivity index (χ4v) is 6.98. The van der Waals surface area contributed by atoms with Crippen LogP contribution in [0, 0.1) is 0 Å². The molecule has 7 aromatic carbocycles. The molecule has 1 N–H and O–H groups in total. The molecule has 0 amide bonds. The van der Waals surface area contributed by atoms with Gasteiger partial charge >= 0.3 is 0 Å². The Hall–Kier alpha value is -5.86. The van der Waals surface area contributed by atoms with Gasteiger partial charge in [-0.05, 0) is 94.0 Å². The average molecular weight is 577 g/mol. The lowest BCUT2D eigenvalue weighted by Crippen LogP contribution is -2.28. The number of fused-ring (bicyclic) bond motifs is 3. The van der Waals surface area contributed by atoms with E-state index in [1.165, 1.54) is 33.4 Å². The monoisotopic (exact) mass is 576 g/mol. The van der Waals surface area contributed by atoms with Gasteiger partial charge in [-0.1, -0.05) is 127 Å². The quantitative estimate of drug-likeness (QED) is 0.203. The van der Waals surface area contributed by atoms with Crippen molar-refractivity contribution in [1.82, 2.24) is 0 Å². The molecule has 0 unspecified atom stereocenters. The van der Waals surface area contributed by atoms with Gasteiger partial charge in [0.05, 0.1) is 5.41 Å². The number of hydrogen-bond acceptors (Lipinski definition) is 2. The molecular formula is C43H32N2. The molecule has 2 nitrogen and oxygen atoms in total. The topological polar surface area (TPSA) is 15.3 Å². The van der Waals surface area contributed by atoms with Gasteiger partial charge in [0.1, 0.15) is 0 Å². The van der Waals surface area contributed by atoms with Crippen molar-refractivity contribution in [2.24, 2.45) is 0 Å². The molecule has 214 valence electrons. The van der Waals surface area contributed by atoms with Crippen LogP contribution in [0.25, 0.3) is 11.1 Å². The van der Waals surface area contributed by atoms with E-state index in [0.717, 1.165) is 28.4 Å². The first-order chi connectivity index (χ1) is 22.3. The molecule has 0 atom stereocenters. The Morgan fingerprint density at radius 1 is 0.356 bits per heavy atom. The third-order valence-corrected chi connectivity index (χ3v) is 8.90. The molecule has 0 spiro atoms. The second kappa shape index (κ2) is 11.3. The van der Waals surface area contributed by atoms with E-state index in [0.29, 0.717) is 0 Å². The summed E-state index contributed by atoms with van der Waals surface area (Å²) in [7, 11) is 0. The lowest BCUT2D eigenvalue weighted by molar-refractivity contribution is 0.768. The second-order valence-corrected chi connectivity index (χ2v) is 11.5. The number of nitrogens with zero attached hydrogens (tertiary/aromatic N) is 1. The number of para-hydroxylation sites is 2. The van der Waals surface area contributed by atoms with Crippen molar-refractivity contribution in [3.8, 4) is 11.1 Å². The van der Waals surface area contributed by atoms with Crippen molar-refractivity contribution >= 4 is 28.4 Å². The van der Waals surface area contributed by atoms with Gasteiger partial charge in [-0.15, -0.1) is 0 Å². The highest BCUT2D eigenvalue weighted by molar-refractivity contribution is 5.89. The summed E-state index contributed by atoms with van der Waals surface area (Å²) in [5.41, 5.74) is 12.7. The van der Waals surface area contributed by atoms with E-state index in [-0.39, 0.29) is 0 Å². The minimum absolute atomic E-state index is 0.448. The number of benzene rings is 7. The van der Waals surface area contributed by atoms with Crippen LogP contribution in [-0.2, 0) is 5.41 Å². The smallest absolute Gasteiger partial charge is 0.0714 e. The molecule has 8 rings (SSSR count). The summed E-state index contributed by atoms with van der Waals surface area (Å²) in [5, 5.41) is 3.52. The Kier molecular flexibility index (Phi) is 6.73. The zero-order chi connectivity index (χ0) is 30.1. The van der Waals surface area contributed by atoms with Crippen LogP contribution in [0.5, 0.6) is 0 Å². The molecule has 1 aliphatic rings. The predicted molar refractivity (Wildman–Crippen MR) is 188 cm³/mol. The Morgan fingerprint density at radius 3 is 1.47 bits per heavy atom. The summed E-state index contributed by atoms with van der Waals surface area (Å²) < 4.78 is 0. The van der Waals surface area contributed by atoms with Gasteiger partial charge < -0.3 is 10.2 Å². The van der Waals surface area contributed by atoms with E-state index < -0.39 is 5.41 Å². The second-order valence-electron chi connectivity index (χ2n) is 11.5. The van der Waals surface area contributed by atoms with Crippen LogP contribution in [0.4, 0.5) is 28.4 Å². The summed E-state index contributed by atoms with van der Waals surface area (Å²) in [6, 6.07) is 67.5. The largest absolute Gasteiger partial charge is 0.356 e. The van der Waals surface area contributed by atoms with Crippen molar-refractivity contribution < 1.29 is 0 Å². The van der Waals surface area contributed by atoms with Gasteiger partial charge in [-0.3, -0.25) is 0 Å². The average Bonchev–Trinajstić information content (AvgIpc) is 3.41. The van der Waals surface area contributed by atoms with E-state index in [4.69, 9.17) is 0 Å². The molecule has 2 heteroatoms. The molecule has 0 saturated carbocycles. The van der Waals surface area contributed by atoms with Crippen molar-refractivity contribution in [2.45, 2.75) is 5.41 Å². The van der Waals surface area contributed by atoms with Crippen LogP contribution >= 0.6 is 0 Å². The van der Waals surface area contributed by atoms with Crippen molar-refractivity contribution in [2.75, 3.05) is 10.2 Å². The van der Waals surface area contributed by atoms with Crippen LogP contribution in [0.15, 0.2) is 188 Å². The standard InChI is InChI=1S/C43H32N2/c1-5-15-32(16-6-1)43(33-17-7-2-8-18-33)41-24-14-13-23-39(41)40-30-29-38(31-42(40)43)45(36-21-11-4-12-22-36)37-27-25-35(26-28-37)44-34-19-9-3-10-20-34/h1-31,44H. The molecule has 7 aromatic rings. The third kappa shape index (κ3) is 4.59. The van der Waals surface area contributed by atoms with Gasteiger partial charge in [0.25, 0.3) is 0 Å².